The van der Waals surface area contributed by atoms with Crippen molar-refractivity contribution in [3.05, 3.63) is 60.7 Å². The Hall–Kier alpha value is -2.73. The smallest absolute Gasteiger partial charge is 0.200 e. The summed E-state index contributed by atoms with van der Waals surface area (Å²) in [6.07, 6.45) is 0. The minimum atomic E-state index is 0.613. The summed E-state index contributed by atoms with van der Waals surface area (Å²) in [7, 11) is 1.95. The molecule has 0 amide bonds. The normalized spacial score (nSPS) is 11.1. The predicted octanol–water partition coefficient (Wildman–Crippen LogP) is 4.40. The van der Waals surface area contributed by atoms with Gasteiger partial charge >= 0.3 is 0 Å². The first-order valence-corrected chi connectivity index (χ1v) is 8.99. The Bertz CT molecular complexity index is 946. The van der Waals surface area contributed by atoms with Crippen LogP contribution in [0.1, 0.15) is 0 Å². The monoisotopic (exact) mass is 351 g/mol. The van der Waals surface area contributed by atoms with Gasteiger partial charge < -0.3 is 13.7 Å². The van der Waals surface area contributed by atoms with E-state index in [9.17, 15) is 0 Å². The number of ether oxygens (including phenoxy) is 1. The fraction of sp³-hybridized carbons (Fsp3) is 0.158. The van der Waals surface area contributed by atoms with Crippen molar-refractivity contribution < 1.29 is 9.15 Å². The fourth-order valence-corrected chi connectivity index (χ4v) is 3.28. The largest absolute Gasteiger partial charge is 0.493 e. The van der Waals surface area contributed by atoms with Crippen LogP contribution in [0.2, 0.25) is 0 Å². The maximum absolute atomic E-state index is 5.87. The number of furan rings is 1. The van der Waals surface area contributed by atoms with Crippen LogP contribution in [0.25, 0.3) is 22.6 Å². The van der Waals surface area contributed by atoms with Crippen LogP contribution in [0.3, 0.4) is 0 Å². The third-order valence-electron chi connectivity index (χ3n) is 3.81. The Labute approximate surface area is 149 Å². The van der Waals surface area contributed by atoms with Crippen LogP contribution >= 0.6 is 11.8 Å². The van der Waals surface area contributed by atoms with Crippen molar-refractivity contribution in [2.75, 3.05) is 12.4 Å². The van der Waals surface area contributed by atoms with Gasteiger partial charge in [-0.3, -0.25) is 0 Å². The molecule has 4 rings (SSSR count). The van der Waals surface area contributed by atoms with Gasteiger partial charge in [-0.2, -0.15) is 0 Å². The molecule has 25 heavy (non-hydrogen) atoms. The van der Waals surface area contributed by atoms with E-state index in [1.165, 1.54) is 0 Å². The zero-order chi connectivity index (χ0) is 17.1. The molecular weight excluding hydrogens is 334 g/mol. The third kappa shape index (κ3) is 3.39. The number of hydrogen-bond acceptors (Lipinski definition) is 5. The zero-order valence-corrected chi connectivity index (χ0v) is 14.6. The molecular formula is C19H17N3O2S. The highest BCUT2D eigenvalue weighted by molar-refractivity contribution is 7.99. The first-order chi connectivity index (χ1) is 12.3. The number of aromatic nitrogens is 3. The number of hydrogen-bond donors (Lipinski definition) is 0. The molecule has 0 aliphatic carbocycles. The molecule has 0 aliphatic heterocycles. The summed E-state index contributed by atoms with van der Waals surface area (Å²) in [5.74, 6) is 3.12. The van der Waals surface area contributed by atoms with Gasteiger partial charge in [0.05, 0.1) is 6.61 Å². The average Bonchev–Trinajstić information content (AvgIpc) is 3.23. The van der Waals surface area contributed by atoms with Gasteiger partial charge in [0.25, 0.3) is 0 Å². The van der Waals surface area contributed by atoms with Crippen LogP contribution in [0.5, 0.6) is 5.75 Å². The molecule has 2 heterocycles. The van der Waals surface area contributed by atoms with Crippen molar-refractivity contribution in [3.8, 4) is 17.3 Å². The predicted molar refractivity (Wildman–Crippen MR) is 98.9 cm³/mol. The molecule has 126 valence electrons. The van der Waals surface area contributed by atoms with Gasteiger partial charge in [0.15, 0.2) is 16.7 Å². The molecule has 0 spiro atoms. The Morgan fingerprint density at radius 1 is 1.04 bits per heavy atom. The summed E-state index contributed by atoms with van der Waals surface area (Å²) >= 11 is 1.61. The summed E-state index contributed by atoms with van der Waals surface area (Å²) < 4.78 is 13.5. The summed E-state index contributed by atoms with van der Waals surface area (Å²) in [6, 6.07) is 19.7. The highest BCUT2D eigenvalue weighted by Gasteiger charge is 2.15. The van der Waals surface area contributed by atoms with E-state index in [4.69, 9.17) is 9.15 Å². The molecule has 0 N–H and O–H groups in total. The molecule has 2 aromatic carbocycles. The van der Waals surface area contributed by atoms with Gasteiger partial charge in [-0.05, 0) is 24.3 Å². The van der Waals surface area contributed by atoms with E-state index in [-0.39, 0.29) is 0 Å². The fourth-order valence-electron chi connectivity index (χ4n) is 2.56. The lowest BCUT2D eigenvalue weighted by Crippen LogP contribution is -2.01. The number of thioether (sulfide) groups is 1. The summed E-state index contributed by atoms with van der Waals surface area (Å²) in [5, 5.41) is 10.4. The molecule has 4 aromatic rings. The van der Waals surface area contributed by atoms with Crippen molar-refractivity contribution >= 4 is 22.7 Å². The second kappa shape index (κ2) is 7.03. The van der Waals surface area contributed by atoms with Crippen molar-refractivity contribution in [1.29, 1.82) is 0 Å². The first kappa shape index (κ1) is 15.8. The van der Waals surface area contributed by atoms with E-state index in [0.717, 1.165) is 39.2 Å². The quantitative estimate of drug-likeness (QED) is 0.381. The van der Waals surface area contributed by atoms with Crippen molar-refractivity contribution in [3.63, 3.8) is 0 Å². The van der Waals surface area contributed by atoms with Crippen LogP contribution in [0.15, 0.2) is 70.2 Å². The molecule has 0 saturated carbocycles. The topological polar surface area (TPSA) is 53.1 Å². The van der Waals surface area contributed by atoms with Gasteiger partial charge in [-0.15, -0.1) is 10.2 Å². The number of rotatable bonds is 6. The first-order valence-electron chi connectivity index (χ1n) is 8.00. The molecule has 0 unspecified atom stereocenters. The Morgan fingerprint density at radius 3 is 2.68 bits per heavy atom. The SMILES string of the molecule is Cn1c(SCCOc2ccccc2)nnc1-c1cc2ccccc2o1. The second-order valence-electron chi connectivity index (χ2n) is 5.52. The third-order valence-corrected chi connectivity index (χ3v) is 4.79. The van der Waals surface area contributed by atoms with Crippen LogP contribution in [-0.4, -0.2) is 27.1 Å². The Kier molecular flexibility index (Phi) is 4.43. The maximum Gasteiger partial charge on any atom is 0.200 e. The molecule has 6 heteroatoms. The molecule has 0 bridgehead atoms. The summed E-state index contributed by atoms with van der Waals surface area (Å²) in [6.45, 7) is 0.613. The molecule has 0 saturated heterocycles. The molecule has 0 fully saturated rings. The number of benzene rings is 2. The summed E-state index contributed by atoms with van der Waals surface area (Å²) in [5.41, 5.74) is 0.853. The van der Waals surface area contributed by atoms with E-state index in [1.54, 1.807) is 11.8 Å². The van der Waals surface area contributed by atoms with E-state index in [2.05, 4.69) is 10.2 Å². The van der Waals surface area contributed by atoms with Gasteiger partial charge in [0.1, 0.15) is 11.3 Å². The van der Waals surface area contributed by atoms with Crippen LogP contribution in [0.4, 0.5) is 0 Å². The van der Waals surface area contributed by atoms with E-state index in [0.29, 0.717) is 6.61 Å². The van der Waals surface area contributed by atoms with E-state index >= 15 is 0 Å². The number of nitrogens with zero attached hydrogens (tertiary/aromatic N) is 3. The van der Waals surface area contributed by atoms with Crippen LogP contribution in [-0.2, 0) is 7.05 Å². The lowest BCUT2D eigenvalue weighted by atomic mass is 10.2. The summed E-state index contributed by atoms with van der Waals surface area (Å²) in [4.78, 5) is 0. The second-order valence-corrected chi connectivity index (χ2v) is 6.59. The van der Waals surface area contributed by atoms with Crippen molar-refractivity contribution in [1.82, 2.24) is 14.8 Å². The number of para-hydroxylation sites is 2. The maximum atomic E-state index is 5.87. The molecule has 0 aliphatic rings. The zero-order valence-electron chi connectivity index (χ0n) is 13.8. The lowest BCUT2D eigenvalue weighted by Gasteiger charge is -2.05. The van der Waals surface area contributed by atoms with Gasteiger partial charge in [-0.1, -0.05) is 48.2 Å². The molecule has 2 aromatic heterocycles. The lowest BCUT2D eigenvalue weighted by molar-refractivity contribution is 0.344. The van der Waals surface area contributed by atoms with Crippen molar-refractivity contribution in [2.45, 2.75) is 5.16 Å². The highest BCUT2D eigenvalue weighted by atomic mass is 32.2. The Balaban J connectivity index is 1.42. The average molecular weight is 351 g/mol. The molecule has 0 radical (unpaired) electrons. The molecule has 0 atom stereocenters. The van der Waals surface area contributed by atoms with Gasteiger partial charge in [0.2, 0.25) is 0 Å². The van der Waals surface area contributed by atoms with Crippen LogP contribution in [0, 0.1) is 0 Å². The van der Waals surface area contributed by atoms with E-state index < -0.39 is 0 Å². The minimum Gasteiger partial charge on any atom is -0.493 e. The van der Waals surface area contributed by atoms with Crippen molar-refractivity contribution in [2.24, 2.45) is 7.05 Å². The standard InChI is InChI=1S/C19H17N3O2S/c1-22-18(17-13-14-7-5-6-10-16(14)24-17)20-21-19(22)25-12-11-23-15-8-3-2-4-9-15/h2-10,13H,11-12H2,1H3. The van der Waals surface area contributed by atoms with Gasteiger partial charge in [-0.25, -0.2) is 0 Å². The molecule has 5 nitrogen and oxygen atoms in total. The minimum absolute atomic E-state index is 0.613. The number of fused-ring (bicyclic) bond motifs is 1. The van der Waals surface area contributed by atoms with E-state index in [1.807, 2.05) is 72.3 Å². The van der Waals surface area contributed by atoms with Crippen LogP contribution < -0.4 is 4.74 Å². The Morgan fingerprint density at radius 2 is 1.84 bits per heavy atom. The van der Waals surface area contributed by atoms with Gasteiger partial charge in [0, 0.05) is 18.2 Å². The highest BCUT2D eigenvalue weighted by Crippen LogP contribution is 2.28.